The molecule has 1 N–H and O–H groups in total. The lowest BCUT2D eigenvalue weighted by atomic mass is 9.97. The fourth-order valence-electron chi connectivity index (χ4n) is 3.19. The van der Waals surface area contributed by atoms with Crippen molar-refractivity contribution in [1.29, 1.82) is 0 Å². The number of nitrogens with zero attached hydrogens (tertiary/aromatic N) is 2. The Morgan fingerprint density at radius 2 is 1.78 bits per heavy atom. The third-order valence-electron chi connectivity index (χ3n) is 5.02. The Labute approximate surface area is 134 Å². The third kappa shape index (κ3) is 2.90. The number of carboxylic acid groups (broad SMARTS) is 1. The Balaban J connectivity index is 1.88. The molecule has 1 aliphatic carbocycles. The zero-order valence-corrected chi connectivity index (χ0v) is 13.3. The molecular weight excluding hydrogens is 299 g/mol. The van der Waals surface area contributed by atoms with Crippen molar-refractivity contribution in [3.8, 4) is 0 Å². The van der Waals surface area contributed by atoms with E-state index >= 15 is 0 Å². The fourth-order valence-corrected chi connectivity index (χ4v) is 3.19. The zero-order valence-electron chi connectivity index (χ0n) is 13.3. The van der Waals surface area contributed by atoms with Gasteiger partial charge in [0.25, 0.3) is 0 Å². The van der Waals surface area contributed by atoms with Gasteiger partial charge in [-0.2, -0.15) is 0 Å². The molecule has 6 heteroatoms. The Morgan fingerprint density at radius 1 is 1.17 bits per heavy atom. The van der Waals surface area contributed by atoms with E-state index in [-0.39, 0.29) is 29.7 Å². The van der Waals surface area contributed by atoms with Crippen LogP contribution in [0.25, 0.3) is 0 Å². The van der Waals surface area contributed by atoms with Gasteiger partial charge in [-0.1, -0.05) is 19.1 Å². The minimum Gasteiger partial charge on any atom is -0.465 e. The highest BCUT2D eigenvalue weighted by atomic mass is 19.1. The minimum absolute atomic E-state index is 0.0992. The lowest BCUT2D eigenvalue weighted by molar-refractivity contribution is -0.142. The molecule has 2 amide bonds. The van der Waals surface area contributed by atoms with Crippen LogP contribution in [-0.2, 0) is 4.79 Å². The van der Waals surface area contributed by atoms with Gasteiger partial charge in [-0.25, -0.2) is 9.18 Å². The first-order valence-electron chi connectivity index (χ1n) is 7.88. The Bertz CT molecular complexity index is 627. The van der Waals surface area contributed by atoms with Gasteiger partial charge in [0.15, 0.2) is 0 Å². The van der Waals surface area contributed by atoms with E-state index in [4.69, 9.17) is 0 Å². The Morgan fingerprint density at radius 3 is 2.30 bits per heavy atom. The average Bonchev–Trinajstić information content (AvgIpc) is 3.26. The van der Waals surface area contributed by atoms with E-state index in [1.54, 1.807) is 17.0 Å². The summed E-state index contributed by atoms with van der Waals surface area (Å²) in [5.74, 6) is -0.264. The number of benzene rings is 1. The topological polar surface area (TPSA) is 60.9 Å². The lowest BCUT2D eigenvalue weighted by Crippen LogP contribution is -2.57. The van der Waals surface area contributed by atoms with Gasteiger partial charge >= 0.3 is 6.09 Å². The summed E-state index contributed by atoms with van der Waals surface area (Å²) in [5, 5.41) is 9.49. The van der Waals surface area contributed by atoms with Gasteiger partial charge in [-0.3, -0.25) is 9.69 Å². The van der Waals surface area contributed by atoms with E-state index in [9.17, 15) is 19.1 Å². The molecule has 0 bridgehead atoms. The molecule has 5 nitrogen and oxygen atoms in total. The molecule has 0 spiro atoms. The van der Waals surface area contributed by atoms with Crippen LogP contribution in [0.3, 0.4) is 0 Å². The minimum atomic E-state index is -1.02. The molecule has 0 radical (unpaired) electrons. The maximum absolute atomic E-state index is 13.1. The molecule has 1 heterocycles. The monoisotopic (exact) mass is 320 g/mol. The average molecular weight is 320 g/mol. The number of piperazine rings is 1. The van der Waals surface area contributed by atoms with Crippen LogP contribution in [0.1, 0.15) is 38.3 Å². The summed E-state index contributed by atoms with van der Waals surface area (Å²) >= 11 is 0. The number of carbonyl (C=O) groups is 2. The normalized spacial score (nSPS) is 26.0. The van der Waals surface area contributed by atoms with Crippen molar-refractivity contribution in [3.63, 3.8) is 0 Å². The highest BCUT2D eigenvalue weighted by molar-refractivity contribution is 5.85. The summed E-state index contributed by atoms with van der Waals surface area (Å²) in [6.45, 7) is 4.41. The van der Waals surface area contributed by atoms with Gasteiger partial charge in [0.1, 0.15) is 5.82 Å². The molecule has 1 aromatic carbocycles. The third-order valence-corrected chi connectivity index (χ3v) is 5.02. The van der Waals surface area contributed by atoms with Gasteiger partial charge in [-0.05, 0) is 37.5 Å². The van der Waals surface area contributed by atoms with Gasteiger partial charge in [-0.15, -0.1) is 0 Å². The van der Waals surface area contributed by atoms with Crippen LogP contribution in [0.2, 0.25) is 0 Å². The maximum Gasteiger partial charge on any atom is 0.407 e. The Hall–Kier alpha value is -2.11. The summed E-state index contributed by atoms with van der Waals surface area (Å²) in [6.07, 6.45) is 0.758. The second kappa shape index (κ2) is 5.51. The summed E-state index contributed by atoms with van der Waals surface area (Å²) < 4.78 is 13.1. The SMILES string of the molecule is C[C@@H]1CN(C(=O)O)[C@@H](c2ccc(F)cc2)CN1C(=O)C1(C)CC1. The predicted octanol–water partition coefficient (Wildman–Crippen LogP) is 2.88. The van der Waals surface area contributed by atoms with E-state index < -0.39 is 12.1 Å². The van der Waals surface area contributed by atoms with Crippen molar-refractivity contribution in [2.45, 2.75) is 38.8 Å². The van der Waals surface area contributed by atoms with Crippen LogP contribution in [0.5, 0.6) is 0 Å². The first kappa shape index (κ1) is 15.8. The van der Waals surface area contributed by atoms with E-state index in [1.807, 2.05) is 13.8 Å². The van der Waals surface area contributed by atoms with Crippen molar-refractivity contribution in [1.82, 2.24) is 9.80 Å². The fraction of sp³-hybridized carbons (Fsp3) is 0.529. The van der Waals surface area contributed by atoms with Crippen LogP contribution in [0.4, 0.5) is 9.18 Å². The van der Waals surface area contributed by atoms with E-state index in [2.05, 4.69) is 0 Å². The Kier molecular flexibility index (Phi) is 3.78. The second-order valence-corrected chi connectivity index (χ2v) is 6.87. The quantitative estimate of drug-likeness (QED) is 0.911. The zero-order chi connectivity index (χ0) is 16.8. The number of hydrogen-bond acceptors (Lipinski definition) is 2. The summed E-state index contributed by atoms with van der Waals surface area (Å²) in [7, 11) is 0. The summed E-state index contributed by atoms with van der Waals surface area (Å²) in [5.41, 5.74) is 0.423. The van der Waals surface area contributed by atoms with Crippen LogP contribution >= 0.6 is 0 Å². The first-order valence-corrected chi connectivity index (χ1v) is 7.88. The molecule has 124 valence electrons. The highest BCUT2D eigenvalue weighted by Gasteiger charge is 2.50. The molecule has 1 saturated heterocycles. The molecule has 1 aromatic rings. The molecule has 23 heavy (non-hydrogen) atoms. The maximum atomic E-state index is 13.1. The number of hydrogen-bond donors (Lipinski definition) is 1. The first-order chi connectivity index (χ1) is 10.8. The van der Waals surface area contributed by atoms with Crippen molar-refractivity contribution in [2.24, 2.45) is 5.41 Å². The largest absolute Gasteiger partial charge is 0.465 e. The molecule has 2 atom stereocenters. The highest BCUT2D eigenvalue weighted by Crippen LogP contribution is 2.47. The second-order valence-electron chi connectivity index (χ2n) is 6.87. The lowest BCUT2D eigenvalue weighted by Gasteiger charge is -2.45. The predicted molar refractivity (Wildman–Crippen MR) is 82.4 cm³/mol. The number of amides is 2. The van der Waals surface area contributed by atoms with Gasteiger partial charge in [0.2, 0.25) is 5.91 Å². The molecule has 0 aromatic heterocycles. The summed E-state index contributed by atoms with van der Waals surface area (Å²) in [4.78, 5) is 27.4. The van der Waals surface area contributed by atoms with Crippen molar-refractivity contribution >= 4 is 12.0 Å². The van der Waals surface area contributed by atoms with Crippen LogP contribution in [-0.4, -0.2) is 46.0 Å². The van der Waals surface area contributed by atoms with E-state index in [0.29, 0.717) is 12.1 Å². The molecule has 1 aliphatic heterocycles. The van der Waals surface area contributed by atoms with E-state index in [1.165, 1.54) is 17.0 Å². The standard InChI is InChI=1S/C17H21FN2O3/c1-11-9-20(16(22)23)14(12-3-5-13(18)6-4-12)10-19(11)15(21)17(2)7-8-17/h3-6,11,14H,7-10H2,1-2H3,(H,22,23)/t11-,14-/m1/s1. The van der Waals surface area contributed by atoms with Crippen molar-refractivity contribution < 1.29 is 19.1 Å². The molecule has 3 rings (SSSR count). The van der Waals surface area contributed by atoms with Crippen LogP contribution in [0.15, 0.2) is 24.3 Å². The molecule has 2 fully saturated rings. The van der Waals surface area contributed by atoms with Gasteiger partial charge < -0.3 is 10.0 Å². The molecular formula is C17H21FN2O3. The van der Waals surface area contributed by atoms with Crippen molar-refractivity contribution in [3.05, 3.63) is 35.6 Å². The van der Waals surface area contributed by atoms with Gasteiger partial charge in [0, 0.05) is 24.5 Å². The summed E-state index contributed by atoms with van der Waals surface area (Å²) in [6, 6.07) is 5.20. The van der Waals surface area contributed by atoms with Crippen LogP contribution in [0, 0.1) is 11.2 Å². The number of halogens is 1. The number of rotatable bonds is 2. The smallest absolute Gasteiger partial charge is 0.407 e. The van der Waals surface area contributed by atoms with E-state index in [0.717, 1.165) is 12.8 Å². The number of carbonyl (C=O) groups excluding carboxylic acids is 1. The molecule has 1 saturated carbocycles. The van der Waals surface area contributed by atoms with Crippen LogP contribution < -0.4 is 0 Å². The van der Waals surface area contributed by atoms with Crippen molar-refractivity contribution in [2.75, 3.05) is 13.1 Å². The van der Waals surface area contributed by atoms with Gasteiger partial charge in [0.05, 0.1) is 6.04 Å². The molecule has 2 aliphatic rings. The molecule has 0 unspecified atom stereocenters.